The van der Waals surface area contributed by atoms with Crippen molar-refractivity contribution in [2.75, 3.05) is 26.6 Å². The summed E-state index contributed by atoms with van der Waals surface area (Å²) in [6, 6.07) is 3.62. The van der Waals surface area contributed by atoms with Gasteiger partial charge in [-0.1, -0.05) is 6.92 Å². The predicted molar refractivity (Wildman–Crippen MR) is 148 cm³/mol. The van der Waals surface area contributed by atoms with Crippen molar-refractivity contribution in [1.82, 2.24) is 19.9 Å². The van der Waals surface area contributed by atoms with Gasteiger partial charge in [-0.2, -0.15) is 0 Å². The molecule has 40 heavy (non-hydrogen) atoms. The molecule has 0 aliphatic heterocycles. The molecular weight excluding hydrogens is 520 g/mol. The molecule has 1 fully saturated rings. The molecule has 4 rings (SSSR count). The van der Waals surface area contributed by atoms with Crippen LogP contribution in [0, 0.1) is 23.0 Å². The van der Waals surface area contributed by atoms with Crippen LogP contribution >= 0.6 is 0 Å². The van der Waals surface area contributed by atoms with Crippen LogP contribution in [0.5, 0.6) is 5.75 Å². The monoisotopic (exact) mass is 553 g/mol. The molecule has 12 heteroatoms. The number of H-pyrrole nitrogens is 1. The average molecular weight is 554 g/mol. The molecule has 1 amide bonds. The number of amides is 1. The Balaban J connectivity index is 1.47. The minimum Gasteiger partial charge on any atom is -0.497 e. The molecule has 0 spiro atoms. The van der Waals surface area contributed by atoms with Crippen LogP contribution in [0.2, 0.25) is 0 Å². The van der Waals surface area contributed by atoms with Crippen molar-refractivity contribution in [3.63, 3.8) is 0 Å². The Morgan fingerprint density at radius 3 is 2.62 bits per heavy atom. The first-order valence-corrected chi connectivity index (χ1v) is 12.7. The van der Waals surface area contributed by atoms with E-state index in [-0.39, 0.29) is 35.4 Å². The Morgan fingerprint density at radius 1 is 1.25 bits per heavy atom. The Morgan fingerprint density at radius 2 is 1.98 bits per heavy atom. The van der Waals surface area contributed by atoms with Gasteiger partial charge in [-0.15, -0.1) is 0 Å². The van der Waals surface area contributed by atoms with Crippen molar-refractivity contribution in [1.29, 1.82) is 5.41 Å². The summed E-state index contributed by atoms with van der Waals surface area (Å²) < 4.78 is 38.4. The molecule has 1 aliphatic rings. The molecule has 10 nitrogen and oxygen atoms in total. The standard InChI is InChI=1S/C28H33F2N7O3/c1-15-9-16(10-23(32)26(15)37(2)28(38)40-4)19-7-8-33-14-24(19)36-27-34-13-17(35-27)5-6-22(31)25-20(29)11-18(39-3)12-21(25)30/h5-8,11-16,23,26,31H,9-10,32H2,1-4H3,(H2,34,35,36)/b6-5-,31-22?. The van der Waals surface area contributed by atoms with Gasteiger partial charge >= 0.3 is 6.09 Å². The van der Waals surface area contributed by atoms with Crippen LogP contribution < -0.4 is 15.8 Å². The quantitative estimate of drug-likeness (QED) is 0.293. The van der Waals surface area contributed by atoms with E-state index >= 15 is 0 Å². The summed E-state index contributed by atoms with van der Waals surface area (Å²) in [5.74, 6) is -1.05. The molecule has 0 bridgehead atoms. The normalized spacial score (nSPS) is 20.8. The topological polar surface area (TPSA) is 142 Å². The number of aromatic nitrogens is 3. The van der Waals surface area contributed by atoms with Gasteiger partial charge in [0.05, 0.1) is 55.3 Å². The zero-order valence-electron chi connectivity index (χ0n) is 22.7. The number of halogens is 2. The van der Waals surface area contributed by atoms with Crippen molar-refractivity contribution >= 4 is 29.5 Å². The maximum Gasteiger partial charge on any atom is 0.409 e. The molecule has 0 saturated heterocycles. The lowest BCUT2D eigenvalue weighted by molar-refractivity contribution is 0.0778. The third kappa shape index (κ3) is 6.12. The molecule has 0 radical (unpaired) electrons. The molecule has 2 heterocycles. The number of allylic oxidation sites excluding steroid dienone is 1. The second-order valence-corrected chi connectivity index (χ2v) is 9.87. The number of ether oxygens (including phenoxy) is 2. The fourth-order valence-electron chi connectivity index (χ4n) is 5.42. The largest absolute Gasteiger partial charge is 0.497 e. The van der Waals surface area contributed by atoms with Gasteiger partial charge in [0.1, 0.15) is 17.4 Å². The van der Waals surface area contributed by atoms with Crippen LogP contribution in [0.3, 0.4) is 0 Å². The maximum atomic E-state index is 14.3. The predicted octanol–water partition coefficient (Wildman–Crippen LogP) is 4.82. The van der Waals surface area contributed by atoms with E-state index in [1.165, 1.54) is 32.6 Å². The lowest BCUT2D eigenvalue weighted by atomic mass is 9.73. The van der Waals surface area contributed by atoms with Crippen molar-refractivity contribution in [3.8, 4) is 5.75 Å². The van der Waals surface area contributed by atoms with E-state index in [1.54, 1.807) is 24.3 Å². The Hall–Kier alpha value is -4.32. The Kier molecular flexibility index (Phi) is 8.78. The number of nitrogens with two attached hydrogens (primary N) is 1. The molecule has 1 aliphatic carbocycles. The number of nitrogens with zero attached hydrogens (tertiary/aromatic N) is 3. The molecular formula is C28H33F2N7O3. The second-order valence-electron chi connectivity index (χ2n) is 9.87. The van der Waals surface area contributed by atoms with Crippen LogP contribution in [0.4, 0.5) is 25.2 Å². The van der Waals surface area contributed by atoms with E-state index in [9.17, 15) is 13.6 Å². The number of aromatic amines is 1. The highest BCUT2D eigenvalue weighted by Gasteiger charge is 2.39. The molecule has 3 aromatic rings. The van der Waals surface area contributed by atoms with Gasteiger partial charge in [-0.3, -0.25) is 4.98 Å². The molecule has 4 atom stereocenters. The van der Waals surface area contributed by atoms with Crippen LogP contribution in [-0.4, -0.2) is 65.0 Å². The van der Waals surface area contributed by atoms with Gasteiger partial charge in [0.2, 0.25) is 5.95 Å². The number of imidazole rings is 1. The number of carbonyl (C=O) groups is 1. The summed E-state index contributed by atoms with van der Waals surface area (Å²) in [6.07, 6.45) is 8.83. The van der Waals surface area contributed by atoms with Crippen LogP contribution in [-0.2, 0) is 4.74 Å². The molecule has 2 aromatic heterocycles. The third-order valence-electron chi connectivity index (χ3n) is 7.24. The summed E-state index contributed by atoms with van der Waals surface area (Å²) >= 11 is 0. The van der Waals surface area contributed by atoms with Crippen LogP contribution in [0.15, 0.2) is 42.9 Å². The summed E-state index contributed by atoms with van der Waals surface area (Å²) in [5, 5.41) is 11.4. The summed E-state index contributed by atoms with van der Waals surface area (Å²) in [6.45, 7) is 2.08. The zero-order chi connectivity index (χ0) is 29.0. The first kappa shape index (κ1) is 28.7. The molecule has 1 saturated carbocycles. The van der Waals surface area contributed by atoms with E-state index in [2.05, 4.69) is 27.2 Å². The molecule has 1 aromatic carbocycles. The summed E-state index contributed by atoms with van der Waals surface area (Å²) in [4.78, 5) is 25.3. The van der Waals surface area contributed by atoms with Crippen LogP contribution in [0.25, 0.3) is 6.08 Å². The maximum absolute atomic E-state index is 14.3. The molecule has 5 N–H and O–H groups in total. The number of carbonyl (C=O) groups excluding carboxylic acids is 1. The molecule has 4 unspecified atom stereocenters. The van der Waals surface area contributed by atoms with Gasteiger partial charge in [-0.25, -0.2) is 18.6 Å². The van der Waals surface area contributed by atoms with Crippen molar-refractivity contribution in [2.45, 2.75) is 37.8 Å². The third-order valence-corrected chi connectivity index (χ3v) is 7.24. The highest BCUT2D eigenvalue weighted by molar-refractivity contribution is 6.09. The minimum atomic E-state index is -0.886. The highest BCUT2D eigenvalue weighted by atomic mass is 19.1. The lowest BCUT2D eigenvalue weighted by Gasteiger charge is -2.43. The highest BCUT2D eigenvalue weighted by Crippen LogP contribution is 2.40. The minimum absolute atomic E-state index is 0.0348. The van der Waals surface area contributed by atoms with Crippen molar-refractivity contribution in [2.24, 2.45) is 11.7 Å². The fraction of sp³-hybridized carbons (Fsp3) is 0.357. The second kappa shape index (κ2) is 12.2. The van der Waals surface area contributed by atoms with Crippen molar-refractivity contribution < 1.29 is 23.0 Å². The first-order chi connectivity index (χ1) is 19.1. The van der Waals surface area contributed by atoms with E-state index in [0.29, 0.717) is 18.1 Å². The number of pyridine rings is 1. The number of hydrogen-bond donors (Lipinski definition) is 4. The smallest absolute Gasteiger partial charge is 0.409 e. The van der Waals surface area contributed by atoms with Crippen molar-refractivity contribution in [3.05, 3.63) is 71.3 Å². The first-order valence-electron chi connectivity index (χ1n) is 12.7. The number of hydrogen-bond acceptors (Lipinski definition) is 8. The number of likely N-dealkylation sites (N-methyl/N-ethyl adjacent to an activating group) is 1. The summed E-state index contributed by atoms with van der Waals surface area (Å²) in [5.41, 5.74) is 8.06. The van der Waals surface area contributed by atoms with Gasteiger partial charge in [-0.05, 0) is 48.5 Å². The van der Waals surface area contributed by atoms with Crippen LogP contribution in [0.1, 0.15) is 42.5 Å². The van der Waals surface area contributed by atoms with E-state index in [1.807, 2.05) is 6.07 Å². The number of methoxy groups -OCH3 is 2. The number of rotatable bonds is 8. The Bertz CT molecular complexity index is 1380. The zero-order valence-corrected chi connectivity index (χ0v) is 22.7. The van der Waals surface area contributed by atoms with Gasteiger partial charge in [0, 0.05) is 31.4 Å². The van der Waals surface area contributed by atoms with Gasteiger partial charge < -0.3 is 35.8 Å². The number of nitrogens with one attached hydrogen (secondary N) is 3. The van der Waals surface area contributed by atoms with Gasteiger partial charge in [0.15, 0.2) is 0 Å². The number of anilines is 2. The summed E-state index contributed by atoms with van der Waals surface area (Å²) in [7, 11) is 4.38. The average Bonchev–Trinajstić information content (AvgIpc) is 3.37. The SMILES string of the molecule is COC(=O)N(C)C1C(C)CC(c2ccncc2Nc2ncc(/C=C\C(=N)c3c(F)cc(OC)cc3F)[nH]2)CC1N. The van der Waals surface area contributed by atoms with E-state index in [4.69, 9.17) is 20.6 Å². The van der Waals surface area contributed by atoms with E-state index < -0.39 is 23.3 Å². The Labute approximate surface area is 231 Å². The lowest BCUT2D eigenvalue weighted by Crippen LogP contribution is -2.55. The fourth-order valence-corrected chi connectivity index (χ4v) is 5.42. The van der Waals surface area contributed by atoms with E-state index in [0.717, 1.165) is 29.8 Å². The van der Waals surface area contributed by atoms with Gasteiger partial charge in [0.25, 0.3) is 0 Å². The number of benzene rings is 1. The molecule has 212 valence electrons.